The molecule has 0 unspecified atom stereocenters. The highest BCUT2D eigenvalue weighted by Gasteiger charge is 2.12. The molecule has 2 aromatic rings. The second-order valence-corrected chi connectivity index (χ2v) is 4.07. The fourth-order valence-corrected chi connectivity index (χ4v) is 1.63. The zero-order valence-electron chi connectivity index (χ0n) is 9.85. The lowest BCUT2D eigenvalue weighted by atomic mass is 10.3. The molecule has 5 heteroatoms. The van der Waals surface area contributed by atoms with Gasteiger partial charge in [-0.3, -0.25) is 0 Å². The predicted octanol–water partition coefficient (Wildman–Crippen LogP) is 3.25. The maximum atomic E-state index is 11.7. The van der Waals surface area contributed by atoms with Crippen LogP contribution in [0.15, 0.2) is 34.9 Å². The molecule has 94 valence electrons. The van der Waals surface area contributed by atoms with E-state index in [2.05, 4.69) is 4.98 Å². The molecule has 0 aliphatic heterocycles. The van der Waals surface area contributed by atoms with Gasteiger partial charge in [0, 0.05) is 12.6 Å². The number of halogens is 1. The molecule has 0 spiro atoms. The second kappa shape index (κ2) is 5.69. The van der Waals surface area contributed by atoms with Crippen LogP contribution in [0.2, 0.25) is 5.15 Å². The average Bonchev–Trinajstić information content (AvgIpc) is 2.85. The lowest BCUT2D eigenvalue weighted by Gasteiger charge is -2.03. The predicted molar refractivity (Wildman–Crippen MR) is 66.5 cm³/mol. The van der Waals surface area contributed by atoms with Crippen LogP contribution in [-0.4, -0.2) is 11.0 Å². The van der Waals surface area contributed by atoms with Crippen molar-refractivity contribution in [1.29, 1.82) is 0 Å². The summed E-state index contributed by atoms with van der Waals surface area (Å²) in [6.45, 7) is 2.09. The number of aromatic nitrogens is 1. The summed E-state index contributed by atoms with van der Waals surface area (Å²) < 4.78 is 10.4. The van der Waals surface area contributed by atoms with E-state index in [9.17, 15) is 4.79 Å². The summed E-state index contributed by atoms with van der Waals surface area (Å²) in [5, 5.41) is 0.370. The monoisotopic (exact) mass is 265 g/mol. The molecule has 0 bridgehead atoms. The van der Waals surface area contributed by atoms with Crippen LogP contribution in [0.25, 0.3) is 0 Å². The molecule has 4 nitrogen and oxygen atoms in total. The van der Waals surface area contributed by atoms with E-state index in [1.54, 1.807) is 30.5 Å². The van der Waals surface area contributed by atoms with Crippen LogP contribution in [0.5, 0.6) is 0 Å². The minimum absolute atomic E-state index is 0.142. The summed E-state index contributed by atoms with van der Waals surface area (Å²) in [7, 11) is 0. The number of hydrogen-bond acceptors (Lipinski definition) is 4. The van der Waals surface area contributed by atoms with Gasteiger partial charge in [-0.15, -0.1) is 0 Å². The Morgan fingerprint density at radius 2 is 2.28 bits per heavy atom. The van der Waals surface area contributed by atoms with Gasteiger partial charge in [-0.1, -0.05) is 18.5 Å². The molecule has 2 aromatic heterocycles. The molecular formula is C13H12ClNO3. The van der Waals surface area contributed by atoms with Crippen LogP contribution in [-0.2, 0) is 17.8 Å². The van der Waals surface area contributed by atoms with Crippen LogP contribution < -0.4 is 0 Å². The van der Waals surface area contributed by atoms with Crippen molar-refractivity contribution in [3.05, 3.63) is 52.7 Å². The van der Waals surface area contributed by atoms with Crippen LogP contribution >= 0.6 is 11.6 Å². The minimum Gasteiger partial charge on any atom is -0.455 e. The number of aryl methyl sites for hydroxylation is 1. The number of hydrogen-bond donors (Lipinski definition) is 0. The maximum Gasteiger partial charge on any atom is 0.374 e. The fraction of sp³-hybridized carbons (Fsp3) is 0.231. The first kappa shape index (κ1) is 12.6. The first-order valence-electron chi connectivity index (χ1n) is 5.55. The molecule has 0 aromatic carbocycles. The number of nitrogens with zero attached hydrogens (tertiary/aromatic N) is 1. The Morgan fingerprint density at radius 3 is 2.94 bits per heavy atom. The molecule has 0 amide bonds. The number of carbonyl (C=O) groups excluding carboxylic acids is 1. The van der Waals surface area contributed by atoms with Crippen molar-refractivity contribution < 1.29 is 13.9 Å². The van der Waals surface area contributed by atoms with Gasteiger partial charge in [0.1, 0.15) is 17.5 Å². The van der Waals surface area contributed by atoms with Gasteiger partial charge in [0.15, 0.2) is 0 Å². The first-order valence-corrected chi connectivity index (χ1v) is 5.93. The third kappa shape index (κ3) is 3.11. The maximum absolute atomic E-state index is 11.7. The third-order valence-corrected chi connectivity index (χ3v) is 2.58. The highest BCUT2D eigenvalue weighted by atomic mass is 35.5. The topological polar surface area (TPSA) is 52.3 Å². The highest BCUT2D eigenvalue weighted by molar-refractivity contribution is 6.29. The normalized spacial score (nSPS) is 10.3. The van der Waals surface area contributed by atoms with Crippen molar-refractivity contribution in [2.24, 2.45) is 0 Å². The Morgan fingerprint density at radius 1 is 1.44 bits per heavy atom. The van der Waals surface area contributed by atoms with Gasteiger partial charge in [-0.2, -0.15) is 0 Å². The van der Waals surface area contributed by atoms with Crippen molar-refractivity contribution in [3.63, 3.8) is 0 Å². The number of carbonyl (C=O) groups is 1. The first-order chi connectivity index (χ1) is 8.69. The van der Waals surface area contributed by atoms with Crippen molar-refractivity contribution in [1.82, 2.24) is 4.98 Å². The molecular weight excluding hydrogens is 254 g/mol. The summed E-state index contributed by atoms with van der Waals surface area (Å²) in [5.74, 6) is 0.489. The van der Waals surface area contributed by atoms with Crippen molar-refractivity contribution >= 4 is 17.6 Å². The number of pyridine rings is 1. The standard InChI is InChI=1S/C13H12ClNO3/c1-2-10-3-4-11(18-10)13(16)17-8-9-5-6-15-12(14)7-9/h3-7H,2,8H2,1H3. The quantitative estimate of drug-likeness (QED) is 0.629. The molecule has 18 heavy (non-hydrogen) atoms. The van der Waals surface area contributed by atoms with Crippen molar-refractivity contribution in [2.75, 3.05) is 0 Å². The van der Waals surface area contributed by atoms with E-state index < -0.39 is 5.97 Å². The molecule has 0 N–H and O–H groups in total. The molecule has 0 radical (unpaired) electrons. The molecule has 0 saturated heterocycles. The second-order valence-electron chi connectivity index (χ2n) is 3.68. The molecule has 0 atom stereocenters. The highest BCUT2D eigenvalue weighted by Crippen LogP contribution is 2.12. The molecule has 0 aliphatic carbocycles. The summed E-state index contributed by atoms with van der Waals surface area (Å²) >= 11 is 5.73. The Kier molecular flexibility index (Phi) is 3.99. The van der Waals surface area contributed by atoms with Gasteiger partial charge in [-0.25, -0.2) is 9.78 Å². The van der Waals surface area contributed by atoms with E-state index in [0.29, 0.717) is 5.15 Å². The summed E-state index contributed by atoms with van der Waals surface area (Å²) in [4.78, 5) is 15.5. The van der Waals surface area contributed by atoms with E-state index >= 15 is 0 Å². The number of rotatable bonds is 4. The van der Waals surface area contributed by atoms with Gasteiger partial charge < -0.3 is 9.15 Å². The van der Waals surface area contributed by atoms with E-state index in [4.69, 9.17) is 20.8 Å². The van der Waals surface area contributed by atoms with Gasteiger partial charge in [-0.05, 0) is 29.8 Å². The Hall–Kier alpha value is -1.81. The van der Waals surface area contributed by atoms with Crippen LogP contribution in [0, 0.1) is 0 Å². The number of ether oxygens (including phenoxy) is 1. The van der Waals surface area contributed by atoms with E-state index in [1.165, 1.54) is 0 Å². The zero-order valence-corrected chi connectivity index (χ0v) is 10.6. The third-order valence-electron chi connectivity index (χ3n) is 2.37. The molecule has 2 heterocycles. The van der Waals surface area contributed by atoms with Gasteiger partial charge in [0.2, 0.25) is 5.76 Å². The molecule has 0 saturated carbocycles. The summed E-state index contributed by atoms with van der Waals surface area (Å²) in [6, 6.07) is 6.76. The molecule has 0 fully saturated rings. The van der Waals surface area contributed by atoms with Gasteiger partial charge >= 0.3 is 5.97 Å². The molecule has 2 rings (SSSR count). The van der Waals surface area contributed by atoms with Gasteiger partial charge in [0.25, 0.3) is 0 Å². The number of furan rings is 1. The van der Waals surface area contributed by atoms with Gasteiger partial charge in [0.05, 0.1) is 0 Å². The summed E-state index contributed by atoms with van der Waals surface area (Å²) in [6.07, 6.45) is 2.31. The lowest BCUT2D eigenvalue weighted by Crippen LogP contribution is -2.04. The Bertz CT molecular complexity index is 551. The smallest absolute Gasteiger partial charge is 0.374 e. The van der Waals surface area contributed by atoms with Crippen molar-refractivity contribution in [3.8, 4) is 0 Å². The minimum atomic E-state index is -0.484. The van der Waals surface area contributed by atoms with Crippen LogP contribution in [0.3, 0.4) is 0 Å². The Balaban J connectivity index is 1.96. The largest absolute Gasteiger partial charge is 0.455 e. The van der Waals surface area contributed by atoms with Crippen LogP contribution in [0.4, 0.5) is 0 Å². The molecule has 0 aliphatic rings. The number of esters is 1. The average molecular weight is 266 g/mol. The SMILES string of the molecule is CCc1ccc(C(=O)OCc2ccnc(Cl)c2)o1. The van der Waals surface area contributed by atoms with E-state index in [-0.39, 0.29) is 12.4 Å². The Labute approximate surface area is 110 Å². The lowest BCUT2D eigenvalue weighted by molar-refractivity contribution is 0.0434. The van der Waals surface area contributed by atoms with E-state index in [0.717, 1.165) is 17.7 Å². The van der Waals surface area contributed by atoms with E-state index in [1.807, 2.05) is 6.92 Å². The van der Waals surface area contributed by atoms with Crippen LogP contribution in [0.1, 0.15) is 28.8 Å². The zero-order chi connectivity index (χ0) is 13.0. The summed E-state index contributed by atoms with van der Waals surface area (Å²) in [5.41, 5.74) is 0.783. The van der Waals surface area contributed by atoms with Crippen molar-refractivity contribution in [2.45, 2.75) is 20.0 Å². The fourth-order valence-electron chi connectivity index (χ4n) is 1.43.